The molecule has 5 heteroatoms. The third-order valence-corrected chi connectivity index (χ3v) is 2.38. The highest BCUT2D eigenvalue weighted by Gasteiger charge is 2.30. The molecule has 1 aromatic rings. The Morgan fingerprint density at radius 2 is 2.43 bits per heavy atom. The predicted molar refractivity (Wildman–Crippen MR) is 51.7 cm³/mol. The summed E-state index contributed by atoms with van der Waals surface area (Å²) in [7, 11) is 0. The van der Waals surface area contributed by atoms with E-state index in [4.69, 9.17) is 16.3 Å². The second-order valence-corrected chi connectivity index (χ2v) is 4.59. The number of halogens is 1. The van der Waals surface area contributed by atoms with E-state index in [0.29, 0.717) is 18.1 Å². The fourth-order valence-electron chi connectivity index (χ4n) is 1.49. The number of aromatic nitrogens is 2. The van der Waals surface area contributed by atoms with Crippen molar-refractivity contribution in [3.8, 4) is 5.88 Å². The Labute approximate surface area is 86.8 Å². The molecule has 0 unspecified atom stereocenters. The highest BCUT2D eigenvalue weighted by molar-refractivity contribution is 6.68. The second kappa shape index (κ2) is 2.98. The van der Waals surface area contributed by atoms with E-state index in [2.05, 4.69) is 18.9 Å². The van der Waals surface area contributed by atoms with Crippen molar-refractivity contribution < 1.29 is 9.53 Å². The average molecular weight is 215 g/mol. The molecule has 76 valence electrons. The molecule has 0 aliphatic carbocycles. The van der Waals surface area contributed by atoms with Gasteiger partial charge in [0.1, 0.15) is 5.56 Å². The smallest absolute Gasteiger partial charge is 0.259 e. The first-order valence-electron chi connectivity index (χ1n) is 4.38. The number of hydrogen-bond donors (Lipinski definition) is 0. The normalized spacial score (nSPS) is 18.5. The molecular formula is C9H11ClN2O2. The van der Waals surface area contributed by atoms with Crippen molar-refractivity contribution in [3.05, 3.63) is 11.8 Å². The van der Waals surface area contributed by atoms with E-state index in [1.165, 1.54) is 6.20 Å². The Balaban J connectivity index is 2.39. The molecule has 0 amide bonds. The summed E-state index contributed by atoms with van der Waals surface area (Å²) in [4.78, 5) is 11.0. The van der Waals surface area contributed by atoms with Crippen LogP contribution in [0.25, 0.3) is 0 Å². The summed E-state index contributed by atoms with van der Waals surface area (Å²) in [5.41, 5.74) is 0.397. The van der Waals surface area contributed by atoms with Crippen LogP contribution in [0, 0.1) is 5.41 Å². The minimum atomic E-state index is -0.522. The number of carbonyl (C=O) groups excluding carboxylic acids is 1. The zero-order chi connectivity index (χ0) is 10.3. The van der Waals surface area contributed by atoms with Crippen LogP contribution in [0.2, 0.25) is 0 Å². The van der Waals surface area contributed by atoms with E-state index in [0.717, 1.165) is 6.54 Å². The van der Waals surface area contributed by atoms with Gasteiger partial charge in [-0.15, -0.1) is 0 Å². The van der Waals surface area contributed by atoms with Gasteiger partial charge in [-0.05, 0) is 11.6 Å². The van der Waals surface area contributed by atoms with Crippen molar-refractivity contribution in [1.82, 2.24) is 9.78 Å². The van der Waals surface area contributed by atoms with Gasteiger partial charge < -0.3 is 4.74 Å². The molecule has 0 bridgehead atoms. The Morgan fingerprint density at radius 3 is 3.07 bits per heavy atom. The van der Waals surface area contributed by atoms with Crippen LogP contribution < -0.4 is 4.74 Å². The molecule has 0 saturated carbocycles. The molecular weight excluding hydrogens is 204 g/mol. The molecule has 2 rings (SSSR count). The van der Waals surface area contributed by atoms with Gasteiger partial charge >= 0.3 is 0 Å². The molecule has 14 heavy (non-hydrogen) atoms. The quantitative estimate of drug-likeness (QED) is 0.669. The van der Waals surface area contributed by atoms with Crippen LogP contribution in [0.1, 0.15) is 24.2 Å². The van der Waals surface area contributed by atoms with Gasteiger partial charge in [0.25, 0.3) is 5.24 Å². The molecule has 2 heterocycles. The van der Waals surface area contributed by atoms with Gasteiger partial charge in [-0.3, -0.25) is 4.79 Å². The molecule has 0 spiro atoms. The molecule has 1 aliphatic heterocycles. The predicted octanol–water partition coefficient (Wildman–Crippen LogP) is 1.68. The third-order valence-electron chi connectivity index (χ3n) is 2.18. The molecule has 0 N–H and O–H groups in total. The van der Waals surface area contributed by atoms with Crippen LogP contribution >= 0.6 is 11.6 Å². The zero-order valence-corrected chi connectivity index (χ0v) is 8.84. The van der Waals surface area contributed by atoms with Gasteiger partial charge in [0, 0.05) is 5.41 Å². The van der Waals surface area contributed by atoms with Gasteiger partial charge in [0.15, 0.2) is 0 Å². The van der Waals surface area contributed by atoms with Crippen LogP contribution in [0.4, 0.5) is 0 Å². The van der Waals surface area contributed by atoms with Crippen molar-refractivity contribution in [2.75, 3.05) is 6.61 Å². The number of carbonyl (C=O) groups is 1. The molecule has 1 aromatic heterocycles. The van der Waals surface area contributed by atoms with E-state index in [1.807, 2.05) is 0 Å². The average Bonchev–Trinajstić information content (AvgIpc) is 2.44. The Bertz CT molecular complexity index is 384. The molecule has 0 aromatic carbocycles. The molecule has 4 nitrogen and oxygen atoms in total. The van der Waals surface area contributed by atoms with Gasteiger partial charge in [-0.1, -0.05) is 13.8 Å². The highest BCUT2D eigenvalue weighted by Crippen LogP contribution is 2.31. The lowest BCUT2D eigenvalue weighted by atomic mass is 9.94. The van der Waals surface area contributed by atoms with E-state index >= 15 is 0 Å². The molecule has 0 radical (unpaired) electrons. The van der Waals surface area contributed by atoms with E-state index < -0.39 is 5.24 Å². The van der Waals surface area contributed by atoms with Crippen molar-refractivity contribution in [1.29, 1.82) is 0 Å². The maximum Gasteiger partial charge on any atom is 0.259 e. The third kappa shape index (κ3) is 1.50. The van der Waals surface area contributed by atoms with E-state index in [-0.39, 0.29) is 5.41 Å². The summed E-state index contributed by atoms with van der Waals surface area (Å²) < 4.78 is 7.15. The molecule has 1 aliphatic rings. The highest BCUT2D eigenvalue weighted by atomic mass is 35.5. The van der Waals surface area contributed by atoms with Crippen molar-refractivity contribution in [2.24, 2.45) is 5.41 Å². The molecule has 0 atom stereocenters. The SMILES string of the molecule is CC1(C)COc2c(C(=O)Cl)cnn2C1. The number of hydrogen-bond acceptors (Lipinski definition) is 3. The fourth-order valence-corrected chi connectivity index (χ4v) is 1.62. The van der Waals surface area contributed by atoms with Crippen molar-refractivity contribution >= 4 is 16.8 Å². The fraction of sp³-hybridized carbons (Fsp3) is 0.556. The van der Waals surface area contributed by atoms with Crippen LogP contribution in [0.3, 0.4) is 0 Å². The monoisotopic (exact) mass is 214 g/mol. The molecule has 0 saturated heterocycles. The van der Waals surface area contributed by atoms with Crippen LogP contribution in [0.15, 0.2) is 6.20 Å². The zero-order valence-electron chi connectivity index (χ0n) is 8.08. The standard InChI is InChI=1S/C9H11ClN2O2/c1-9(2)4-12-8(14-5-9)6(3-11-12)7(10)13/h3H,4-5H2,1-2H3. The summed E-state index contributed by atoms with van der Waals surface area (Å²) in [6, 6.07) is 0. The Morgan fingerprint density at radius 1 is 1.71 bits per heavy atom. The van der Waals surface area contributed by atoms with Gasteiger partial charge in [-0.25, -0.2) is 4.68 Å². The molecule has 0 fully saturated rings. The van der Waals surface area contributed by atoms with Crippen molar-refractivity contribution in [2.45, 2.75) is 20.4 Å². The summed E-state index contributed by atoms with van der Waals surface area (Å²) in [5.74, 6) is 0.490. The maximum atomic E-state index is 11.0. The van der Waals surface area contributed by atoms with Gasteiger partial charge in [-0.2, -0.15) is 5.10 Å². The number of fused-ring (bicyclic) bond motifs is 1. The summed E-state index contributed by atoms with van der Waals surface area (Å²) in [6.45, 7) is 5.49. The number of ether oxygens (including phenoxy) is 1. The van der Waals surface area contributed by atoms with Gasteiger partial charge in [0.05, 0.1) is 19.3 Å². The Kier molecular flexibility index (Phi) is 2.03. The number of nitrogens with zero attached hydrogens (tertiary/aromatic N) is 2. The van der Waals surface area contributed by atoms with Crippen LogP contribution in [-0.4, -0.2) is 21.6 Å². The van der Waals surface area contributed by atoms with Crippen molar-refractivity contribution in [3.63, 3.8) is 0 Å². The summed E-state index contributed by atoms with van der Waals surface area (Å²) in [5, 5.41) is 3.54. The first-order chi connectivity index (χ1) is 6.49. The lowest BCUT2D eigenvalue weighted by molar-refractivity contribution is 0.0954. The lowest BCUT2D eigenvalue weighted by Gasteiger charge is -2.30. The topological polar surface area (TPSA) is 44.1 Å². The number of rotatable bonds is 1. The van der Waals surface area contributed by atoms with Crippen LogP contribution in [-0.2, 0) is 6.54 Å². The summed E-state index contributed by atoms with van der Waals surface area (Å²) >= 11 is 5.38. The van der Waals surface area contributed by atoms with E-state index in [9.17, 15) is 4.79 Å². The minimum absolute atomic E-state index is 0.0473. The van der Waals surface area contributed by atoms with Crippen LogP contribution in [0.5, 0.6) is 5.88 Å². The van der Waals surface area contributed by atoms with Gasteiger partial charge in [0.2, 0.25) is 5.88 Å². The minimum Gasteiger partial charge on any atom is -0.477 e. The lowest BCUT2D eigenvalue weighted by Crippen LogP contribution is -2.33. The van der Waals surface area contributed by atoms with E-state index in [1.54, 1.807) is 4.68 Å². The summed E-state index contributed by atoms with van der Waals surface area (Å²) in [6.07, 6.45) is 1.45. The maximum absolute atomic E-state index is 11.0. The first kappa shape index (κ1) is 9.52. The largest absolute Gasteiger partial charge is 0.477 e. The Hall–Kier alpha value is -1.03. The second-order valence-electron chi connectivity index (χ2n) is 4.25. The first-order valence-corrected chi connectivity index (χ1v) is 4.76.